The van der Waals surface area contributed by atoms with Crippen LogP contribution in [0.15, 0.2) is 54.6 Å². The van der Waals surface area contributed by atoms with Crippen LogP contribution in [0.25, 0.3) is 0 Å². The molecule has 3 rings (SSSR count). The van der Waals surface area contributed by atoms with Gasteiger partial charge in [0.05, 0.1) is 0 Å². The summed E-state index contributed by atoms with van der Waals surface area (Å²) in [7, 11) is 0. The number of halogens is 1. The lowest BCUT2D eigenvalue weighted by atomic mass is 9.89. The van der Waals surface area contributed by atoms with E-state index in [0.717, 1.165) is 11.3 Å². The normalized spacial score (nSPS) is 20.5. The van der Waals surface area contributed by atoms with E-state index in [0.29, 0.717) is 5.02 Å². The number of carbonyl (C=O) groups is 2. The minimum atomic E-state index is -0.793. The number of hydrogen-bond donors (Lipinski definition) is 0. The van der Waals surface area contributed by atoms with Gasteiger partial charge in [-0.15, -0.1) is 0 Å². The molecule has 1 aliphatic rings. The van der Waals surface area contributed by atoms with E-state index in [1.54, 1.807) is 17.0 Å². The van der Waals surface area contributed by atoms with Crippen molar-refractivity contribution in [3.8, 4) is 0 Å². The summed E-state index contributed by atoms with van der Waals surface area (Å²) in [6, 6.07) is 16.2. The van der Waals surface area contributed by atoms with Crippen LogP contribution in [0.2, 0.25) is 5.02 Å². The summed E-state index contributed by atoms with van der Waals surface area (Å²) in [5.41, 5.74) is 1.65. The van der Waals surface area contributed by atoms with Gasteiger partial charge in [0.25, 0.3) is 5.91 Å². The largest absolute Gasteiger partial charge is 0.450 e. The molecule has 0 saturated carbocycles. The van der Waals surface area contributed by atoms with Crippen molar-refractivity contribution in [2.45, 2.75) is 19.1 Å². The van der Waals surface area contributed by atoms with Crippen LogP contribution >= 0.6 is 11.6 Å². The molecule has 0 aromatic heterocycles. The van der Waals surface area contributed by atoms with Crippen LogP contribution in [-0.2, 0) is 14.3 Å². The van der Waals surface area contributed by atoms with Gasteiger partial charge in [-0.25, -0.2) is 0 Å². The molecule has 5 heteroatoms. The first kappa shape index (κ1) is 14.6. The van der Waals surface area contributed by atoms with Crippen molar-refractivity contribution >= 4 is 29.2 Å². The number of nitrogens with zero attached hydrogens (tertiary/aromatic N) is 1. The summed E-state index contributed by atoms with van der Waals surface area (Å²) in [6.07, 6.45) is -0.793. The maximum absolute atomic E-state index is 12.4. The smallest absolute Gasteiger partial charge is 0.303 e. The van der Waals surface area contributed by atoms with Gasteiger partial charge in [-0.2, -0.15) is 0 Å². The summed E-state index contributed by atoms with van der Waals surface area (Å²) in [4.78, 5) is 25.3. The molecule has 2 aromatic rings. The predicted molar refractivity (Wildman–Crippen MR) is 83.7 cm³/mol. The van der Waals surface area contributed by atoms with Gasteiger partial charge in [-0.3, -0.25) is 14.5 Å². The molecule has 112 valence electrons. The molecule has 4 nitrogen and oxygen atoms in total. The average Bonchev–Trinajstić information content (AvgIpc) is 2.52. The van der Waals surface area contributed by atoms with Crippen LogP contribution in [0.5, 0.6) is 0 Å². The van der Waals surface area contributed by atoms with Crippen molar-refractivity contribution in [3.63, 3.8) is 0 Å². The maximum atomic E-state index is 12.4. The van der Waals surface area contributed by atoms with Gasteiger partial charge in [0.15, 0.2) is 0 Å². The molecule has 0 radical (unpaired) electrons. The lowest BCUT2D eigenvalue weighted by molar-refractivity contribution is -0.160. The van der Waals surface area contributed by atoms with Crippen LogP contribution in [0, 0.1) is 0 Å². The molecule has 2 aromatic carbocycles. The molecule has 0 bridgehead atoms. The molecule has 22 heavy (non-hydrogen) atoms. The first-order valence-corrected chi connectivity index (χ1v) is 7.26. The molecule has 0 spiro atoms. The van der Waals surface area contributed by atoms with E-state index in [-0.39, 0.29) is 11.9 Å². The van der Waals surface area contributed by atoms with E-state index >= 15 is 0 Å². The Hall–Kier alpha value is -2.33. The van der Waals surface area contributed by atoms with Crippen LogP contribution in [0.3, 0.4) is 0 Å². The number of ether oxygens (including phenoxy) is 1. The van der Waals surface area contributed by atoms with Crippen molar-refractivity contribution in [1.82, 2.24) is 0 Å². The molecule has 1 saturated heterocycles. The number of amides is 1. The highest BCUT2D eigenvalue weighted by Crippen LogP contribution is 2.41. The van der Waals surface area contributed by atoms with E-state index in [9.17, 15) is 9.59 Å². The quantitative estimate of drug-likeness (QED) is 0.644. The highest BCUT2D eigenvalue weighted by molar-refractivity contribution is 6.30. The monoisotopic (exact) mass is 315 g/mol. The number of esters is 1. The SMILES string of the molecule is CC(=O)OC1C(=O)N(c2ccccc2)C1c1ccc(Cl)cc1. The zero-order valence-corrected chi connectivity index (χ0v) is 12.7. The molecular weight excluding hydrogens is 302 g/mol. The third kappa shape index (κ3) is 2.57. The lowest BCUT2D eigenvalue weighted by Crippen LogP contribution is -2.60. The van der Waals surface area contributed by atoms with E-state index in [4.69, 9.17) is 16.3 Å². The van der Waals surface area contributed by atoms with Crippen LogP contribution < -0.4 is 4.90 Å². The lowest BCUT2D eigenvalue weighted by Gasteiger charge is -2.46. The number of benzene rings is 2. The highest BCUT2D eigenvalue weighted by Gasteiger charge is 2.51. The molecule has 1 fully saturated rings. The second-order valence-electron chi connectivity index (χ2n) is 5.07. The first-order valence-electron chi connectivity index (χ1n) is 6.89. The van der Waals surface area contributed by atoms with Crippen molar-refractivity contribution in [1.29, 1.82) is 0 Å². The number of β-lactam (4-membered cyclic amide) rings is 1. The van der Waals surface area contributed by atoms with Crippen LogP contribution in [-0.4, -0.2) is 18.0 Å². The summed E-state index contributed by atoms with van der Waals surface area (Å²) >= 11 is 5.91. The molecule has 2 atom stereocenters. The molecule has 1 heterocycles. The van der Waals surface area contributed by atoms with Crippen molar-refractivity contribution in [3.05, 3.63) is 65.2 Å². The number of para-hydroxylation sites is 1. The Kier molecular flexibility index (Phi) is 3.86. The van der Waals surface area contributed by atoms with Crippen molar-refractivity contribution < 1.29 is 14.3 Å². The molecule has 0 aliphatic carbocycles. The Labute approximate surface area is 133 Å². The van der Waals surface area contributed by atoms with Gasteiger partial charge in [0, 0.05) is 17.6 Å². The highest BCUT2D eigenvalue weighted by atomic mass is 35.5. The third-order valence-electron chi connectivity index (χ3n) is 3.58. The molecular formula is C17H14ClNO3. The van der Waals surface area contributed by atoms with E-state index in [1.165, 1.54) is 6.92 Å². The third-order valence-corrected chi connectivity index (χ3v) is 3.84. The molecule has 1 amide bonds. The number of anilines is 1. The Morgan fingerprint density at radius 2 is 1.73 bits per heavy atom. The second-order valence-corrected chi connectivity index (χ2v) is 5.51. The molecule has 0 N–H and O–H groups in total. The van der Waals surface area contributed by atoms with Gasteiger partial charge in [0.1, 0.15) is 6.04 Å². The summed E-state index contributed by atoms with van der Waals surface area (Å²) in [6.45, 7) is 1.30. The van der Waals surface area contributed by atoms with Gasteiger partial charge in [-0.1, -0.05) is 41.9 Å². The Balaban J connectivity index is 1.97. The zero-order valence-electron chi connectivity index (χ0n) is 11.9. The van der Waals surface area contributed by atoms with E-state index in [2.05, 4.69) is 0 Å². The van der Waals surface area contributed by atoms with Gasteiger partial charge in [0.2, 0.25) is 6.10 Å². The number of hydrogen-bond acceptors (Lipinski definition) is 3. The van der Waals surface area contributed by atoms with Gasteiger partial charge in [-0.05, 0) is 29.8 Å². The molecule has 1 aliphatic heterocycles. The minimum Gasteiger partial charge on any atom is -0.450 e. The fraction of sp³-hybridized carbons (Fsp3) is 0.176. The van der Waals surface area contributed by atoms with Gasteiger partial charge < -0.3 is 4.74 Å². The minimum absolute atomic E-state index is 0.221. The van der Waals surface area contributed by atoms with Crippen LogP contribution in [0.4, 0.5) is 5.69 Å². The Bertz CT molecular complexity index is 700. The standard InChI is InChI=1S/C17H14ClNO3/c1-11(20)22-16-15(12-7-9-13(18)10-8-12)19(17(16)21)14-5-3-2-4-6-14/h2-10,15-16H,1H3. The topological polar surface area (TPSA) is 46.6 Å². The Morgan fingerprint density at radius 3 is 2.32 bits per heavy atom. The summed E-state index contributed by atoms with van der Waals surface area (Å²) < 4.78 is 5.18. The summed E-state index contributed by atoms with van der Waals surface area (Å²) in [5, 5.41) is 0.615. The Morgan fingerprint density at radius 1 is 1.09 bits per heavy atom. The number of carbonyl (C=O) groups excluding carboxylic acids is 2. The zero-order chi connectivity index (χ0) is 15.7. The number of rotatable bonds is 3. The fourth-order valence-electron chi connectivity index (χ4n) is 2.62. The predicted octanol–water partition coefficient (Wildman–Crippen LogP) is 3.36. The summed E-state index contributed by atoms with van der Waals surface area (Å²) in [5.74, 6) is -0.689. The molecule has 2 unspecified atom stereocenters. The van der Waals surface area contributed by atoms with Crippen LogP contribution in [0.1, 0.15) is 18.5 Å². The van der Waals surface area contributed by atoms with E-state index < -0.39 is 12.1 Å². The second kappa shape index (κ2) is 5.81. The van der Waals surface area contributed by atoms with Crippen molar-refractivity contribution in [2.75, 3.05) is 4.90 Å². The average molecular weight is 316 g/mol. The van der Waals surface area contributed by atoms with Gasteiger partial charge >= 0.3 is 5.97 Å². The maximum Gasteiger partial charge on any atom is 0.303 e. The van der Waals surface area contributed by atoms with Crippen molar-refractivity contribution in [2.24, 2.45) is 0 Å². The first-order chi connectivity index (χ1) is 10.6. The van der Waals surface area contributed by atoms with E-state index in [1.807, 2.05) is 42.5 Å². The fourth-order valence-corrected chi connectivity index (χ4v) is 2.74.